The molecule has 3 atom stereocenters. The highest BCUT2D eigenvalue weighted by Gasteiger charge is 2.40. The van der Waals surface area contributed by atoms with Crippen molar-refractivity contribution in [3.63, 3.8) is 0 Å². The first-order chi connectivity index (χ1) is 13.3. The molecule has 4 heterocycles. The first-order valence-corrected chi connectivity index (χ1v) is 10.0. The van der Waals surface area contributed by atoms with Gasteiger partial charge in [0, 0.05) is 29.9 Å². The molecule has 4 aromatic heterocycles. The van der Waals surface area contributed by atoms with Crippen LogP contribution in [0.15, 0.2) is 30.7 Å². The number of nitrogens with zero attached hydrogens (tertiary/aromatic N) is 6. The number of hydrogen-bond donors (Lipinski definition) is 1. The number of H-pyrrole nitrogens is 1. The highest BCUT2D eigenvalue weighted by Crippen LogP contribution is 2.49. The van der Waals surface area contributed by atoms with Crippen molar-refractivity contribution in [2.75, 3.05) is 0 Å². The van der Waals surface area contributed by atoms with Crippen LogP contribution >= 0.6 is 0 Å². The van der Waals surface area contributed by atoms with Crippen LogP contribution < -0.4 is 0 Å². The highest BCUT2D eigenvalue weighted by molar-refractivity contribution is 5.74. The zero-order chi connectivity index (χ0) is 18.0. The third kappa shape index (κ3) is 2.27. The van der Waals surface area contributed by atoms with Crippen LogP contribution in [0.2, 0.25) is 0 Å². The summed E-state index contributed by atoms with van der Waals surface area (Å²) in [7, 11) is 0. The van der Waals surface area contributed by atoms with E-state index in [0.717, 1.165) is 41.4 Å². The monoisotopic (exact) mass is 361 g/mol. The minimum absolute atomic E-state index is 0.395. The molecule has 0 amide bonds. The van der Waals surface area contributed by atoms with E-state index >= 15 is 0 Å². The van der Waals surface area contributed by atoms with Gasteiger partial charge in [-0.1, -0.05) is 13.3 Å². The molecule has 27 heavy (non-hydrogen) atoms. The van der Waals surface area contributed by atoms with Gasteiger partial charge >= 0.3 is 0 Å². The Balaban J connectivity index is 1.42. The van der Waals surface area contributed by atoms with Crippen molar-refractivity contribution in [2.24, 2.45) is 5.92 Å². The Bertz CT molecular complexity index is 1120. The third-order valence-electron chi connectivity index (χ3n) is 6.54. The van der Waals surface area contributed by atoms with Gasteiger partial charge in [-0.3, -0.25) is 9.08 Å². The van der Waals surface area contributed by atoms with Gasteiger partial charge in [-0.25, -0.2) is 4.98 Å². The number of nitrogens with one attached hydrogen (secondary N) is 1. The number of fused-ring (bicyclic) bond motifs is 3. The molecule has 6 rings (SSSR count). The molecule has 2 fully saturated rings. The molecule has 7 nitrogen and oxygen atoms in total. The molecule has 0 spiro atoms. The molecule has 2 saturated carbocycles. The summed E-state index contributed by atoms with van der Waals surface area (Å²) in [5.41, 5.74) is 4.20. The van der Waals surface area contributed by atoms with Crippen molar-refractivity contribution >= 4 is 16.8 Å². The van der Waals surface area contributed by atoms with Crippen molar-refractivity contribution in [3.8, 4) is 0 Å². The molecule has 0 saturated heterocycles. The SMILES string of the molecule is CC[C@@H]1C[C@H](n2nccc2C2CC2)C[C@@H]1c1nnc2cnc3[nH]ccc3n12. The fourth-order valence-electron chi connectivity index (χ4n) is 5.03. The molecule has 0 bridgehead atoms. The van der Waals surface area contributed by atoms with Crippen LogP contribution in [0.3, 0.4) is 0 Å². The fourth-order valence-corrected chi connectivity index (χ4v) is 5.03. The topological polar surface area (TPSA) is 76.7 Å². The van der Waals surface area contributed by atoms with E-state index in [2.05, 4.69) is 48.3 Å². The Hall–Kier alpha value is -2.70. The second-order valence-corrected chi connectivity index (χ2v) is 8.10. The smallest absolute Gasteiger partial charge is 0.179 e. The van der Waals surface area contributed by atoms with Gasteiger partial charge in [0.2, 0.25) is 0 Å². The number of hydrogen-bond acceptors (Lipinski definition) is 4. The van der Waals surface area contributed by atoms with Crippen LogP contribution in [-0.2, 0) is 0 Å². The first-order valence-electron chi connectivity index (χ1n) is 10.0. The van der Waals surface area contributed by atoms with E-state index in [1.54, 1.807) is 6.20 Å². The molecule has 0 radical (unpaired) electrons. The van der Waals surface area contributed by atoms with Gasteiger partial charge < -0.3 is 4.98 Å². The molecule has 2 aliphatic carbocycles. The van der Waals surface area contributed by atoms with Crippen LogP contribution in [0.25, 0.3) is 16.8 Å². The van der Waals surface area contributed by atoms with Crippen LogP contribution in [0.1, 0.15) is 68.4 Å². The molecular formula is C20H23N7. The standard InChI is InChI=1S/C20H23N7/c1-2-12-9-14(27-16(6-8-23-27)13-3-4-13)10-15(12)20-25-24-18-11-22-19-17(26(18)20)5-7-21-19/h5-8,11-15,21H,2-4,9-10H2,1H3/t12-,14+,15+/m1/s1. The molecular weight excluding hydrogens is 338 g/mol. The van der Waals surface area contributed by atoms with E-state index in [0.29, 0.717) is 17.9 Å². The lowest BCUT2D eigenvalue weighted by molar-refractivity contribution is 0.420. The largest absolute Gasteiger partial charge is 0.345 e. The number of aromatic amines is 1. The lowest BCUT2D eigenvalue weighted by Crippen LogP contribution is -2.11. The van der Waals surface area contributed by atoms with Crippen LogP contribution in [0.5, 0.6) is 0 Å². The summed E-state index contributed by atoms with van der Waals surface area (Å²) in [6, 6.07) is 4.74. The Kier molecular flexibility index (Phi) is 3.21. The lowest BCUT2D eigenvalue weighted by Gasteiger charge is -2.16. The average Bonchev–Trinajstić information content (AvgIpc) is 3.14. The van der Waals surface area contributed by atoms with Gasteiger partial charge in [0.15, 0.2) is 11.3 Å². The second kappa shape index (κ2) is 5.65. The van der Waals surface area contributed by atoms with Crippen molar-refractivity contribution in [3.05, 3.63) is 42.2 Å². The molecule has 1 N–H and O–H groups in total. The number of aromatic nitrogens is 7. The maximum Gasteiger partial charge on any atom is 0.179 e. The Morgan fingerprint density at radius 1 is 1.19 bits per heavy atom. The second-order valence-electron chi connectivity index (χ2n) is 8.10. The highest BCUT2D eigenvalue weighted by atomic mass is 15.3. The molecule has 2 aliphatic rings. The Labute approximate surface area is 156 Å². The lowest BCUT2D eigenvalue weighted by atomic mass is 9.93. The van der Waals surface area contributed by atoms with Gasteiger partial charge in [-0.2, -0.15) is 5.10 Å². The predicted molar refractivity (Wildman–Crippen MR) is 102 cm³/mol. The third-order valence-corrected chi connectivity index (χ3v) is 6.54. The molecule has 4 aromatic rings. The van der Waals surface area contributed by atoms with Crippen LogP contribution in [0.4, 0.5) is 0 Å². The van der Waals surface area contributed by atoms with E-state index in [4.69, 9.17) is 5.10 Å². The van der Waals surface area contributed by atoms with Crippen LogP contribution in [0, 0.1) is 5.92 Å². The van der Waals surface area contributed by atoms with Gasteiger partial charge in [-0.05, 0) is 43.7 Å². The van der Waals surface area contributed by atoms with Crippen molar-refractivity contribution in [1.82, 2.24) is 34.3 Å². The molecule has 0 aliphatic heterocycles. The zero-order valence-electron chi connectivity index (χ0n) is 15.4. The first kappa shape index (κ1) is 15.4. The maximum atomic E-state index is 4.71. The average molecular weight is 361 g/mol. The minimum atomic E-state index is 0.395. The molecule has 0 unspecified atom stereocenters. The van der Waals surface area contributed by atoms with E-state index in [1.165, 1.54) is 25.0 Å². The van der Waals surface area contributed by atoms with Gasteiger partial charge in [0.05, 0.1) is 17.8 Å². The van der Waals surface area contributed by atoms with E-state index in [9.17, 15) is 0 Å². The van der Waals surface area contributed by atoms with Gasteiger partial charge in [0.25, 0.3) is 0 Å². The zero-order valence-corrected chi connectivity index (χ0v) is 15.4. The fraction of sp³-hybridized carbons (Fsp3) is 0.500. The summed E-state index contributed by atoms with van der Waals surface area (Å²) in [6.45, 7) is 2.29. The molecule has 0 aromatic carbocycles. The molecule has 138 valence electrons. The van der Waals surface area contributed by atoms with Crippen molar-refractivity contribution < 1.29 is 0 Å². The van der Waals surface area contributed by atoms with Gasteiger partial charge in [-0.15, -0.1) is 10.2 Å². The Morgan fingerprint density at radius 3 is 2.96 bits per heavy atom. The predicted octanol–water partition coefficient (Wildman–Crippen LogP) is 3.82. The Morgan fingerprint density at radius 2 is 2.11 bits per heavy atom. The summed E-state index contributed by atoms with van der Waals surface area (Å²) in [5.74, 6) is 2.80. The van der Waals surface area contributed by atoms with Gasteiger partial charge in [0.1, 0.15) is 5.82 Å². The maximum absolute atomic E-state index is 4.71. The normalized spacial score (nSPS) is 25.7. The van der Waals surface area contributed by atoms with Crippen molar-refractivity contribution in [2.45, 2.75) is 56.9 Å². The summed E-state index contributed by atoms with van der Waals surface area (Å²) >= 11 is 0. The molecule has 7 heteroatoms. The summed E-state index contributed by atoms with van der Waals surface area (Å²) < 4.78 is 4.51. The quantitative estimate of drug-likeness (QED) is 0.599. The summed E-state index contributed by atoms with van der Waals surface area (Å²) in [6.07, 6.45) is 11.7. The van der Waals surface area contributed by atoms with E-state index in [-0.39, 0.29) is 0 Å². The minimum Gasteiger partial charge on any atom is -0.345 e. The van der Waals surface area contributed by atoms with Crippen molar-refractivity contribution in [1.29, 1.82) is 0 Å². The van der Waals surface area contributed by atoms with E-state index in [1.807, 2.05) is 12.4 Å². The van der Waals surface area contributed by atoms with Crippen LogP contribution in [-0.4, -0.2) is 34.3 Å². The summed E-state index contributed by atoms with van der Waals surface area (Å²) in [4.78, 5) is 7.65. The summed E-state index contributed by atoms with van der Waals surface area (Å²) in [5, 5.41) is 13.7. The number of rotatable bonds is 4. The van der Waals surface area contributed by atoms with E-state index < -0.39 is 0 Å².